The Kier molecular flexibility index (Phi) is 25.4. The number of hydrogen-bond donors (Lipinski definition) is 0. The summed E-state index contributed by atoms with van der Waals surface area (Å²) < 4.78 is 0. The molecule has 0 aromatic rings. The van der Waals surface area contributed by atoms with Crippen LogP contribution in [0.3, 0.4) is 0 Å². The van der Waals surface area contributed by atoms with E-state index in [4.69, 9.17) is 15.3 Å². The van der Waals surface area contributed by atoms with Gasteiger partial charge >= 0.3 is 17.4 Å². The van der Waals surface area contributed by atoms with Crippen molar-refractivity contribution < 1.29 is 10.6 Å². The van der Waals surface area contributed by atoms with E-state index < -0.39 is 5.09 Å². The first kappa shape index (κ1) is 17.3. The van der Waals surface area contributed by atoms with Crippen LogP contribution in [0.15, 0.2) is 0 Å². The summed E-state index contributed by atoms with van der Waals surface area (Å²) in [4.78, 5) is 8.25. The fraction of sp³-hybridized carbons (Fsp3) is 0. The van der Waals surface area contributed by atoms with Crippen LogP contribution in [0.1, 0.15) is 0 Å². The second kappa shape index (κ2) is 8.83. The summed E-state index contributed by atoms with van der Waals surface area (Å²) in [5.41, 5.74) is 0. The second-order valence-corrected chi connectivity index (χ2v) is 0.224. The van der Waals surface area contributed by atoms with Crippen molar-refractivity contribution in [2.75, 3.05) is 0 Å². The van der Waals surface area contributed by atoms with Gasteiger partial charge in [0.15, 0.2) is 0 Å². The molecule has 0 saturated heterocycles. The van der Waals surface area contributed by atoms with Gasteiger partial charge in [0.25, 0.3) is 0 Å². The van der Waals surface area contributed by atoms with Gasteiger partial charge in [0.05, 0.1) is 5.09 Å². The third-order valence-corrected chi connectivity index (χ3v) is 0. The molecule has 1 radical (unpaired) electrons. The molecule has 0 heterocycles. The molecule has 0 rings (SSSR count). The topological polar surface area (TPSA) is 96.2 Å². The maximum Gasteiger partial charge on any atom is 2.00 e. The molecule has 0 saturated carbocycles. The van der Waals surface area contributed by atoms with E-state index in [0.717, 1.165) is 0 Å². The largest absolute Gasteiger partial charge is 2.00 e. The van der Waals surface area contributed by atoms with Crippen molar-refractivity contribution in [3.8, 4) is 0 Å². The maximum atomic E-state index is 8.25. The maximum absolute atomic E-state index is 8.25. The van der Waals surface area contributed by atoms with Gasteiger partial charge in [-0.2, -0.15) is 0 Å². The summed E-state index contributed by atoms with van der Waals surface area (Å²) in [6, 6.07) is 0. The average molecular weight is 106 g/mol. The zero-order chi connectivity index (χ0) is 3.58. The van der Waals surface area contributed by atoms with E-state index in [1.54, 1.807) is 0 Å². The monoisotopic (exact) mass is 106 g/mol. The molecule has 0 aromatic carbocycles. The molecule has 0 aliphatic carbocycles. The first-order valence-electron chi connectivity index (χ1n) is 0.548. The minimum absolute atomic E-state index is 0. The second-order valence-electron chi connectivity index (χ2n) is 0.224. The van der Waals surface area contributed by atoms with Crippen LogP contribution in [-0.2, 0) is 0 Å². The van der Waals surface area contributed by atoms with Gasteiger partial charge in [-0.05, 0) is 0 Å². The first-order valence-corrected chi connectivity index (χ1v) is 0.548. The standard InChI is InChI=1S/Al.NO3.H2O/c;2-1(3)4;/h;;1H2/q+2;-1;/p-1. The molecule has 5 nitrogen and oxygen atoms in total. The summed E-state index contributed by atoms with van der Waals surface area (Å²) in [5, 5.41) is 14.8. The molecule has 33 valence electrons. The van der Waals surface area contributed by atoms with E-state index in [1.807, 2.05) is 0 Å². The molecule has 0 unspecified atom stereocenters. The van der Waals surface area contributed by atoms with Gasteiger partial charge in [0.2, 0.25) is 0 Å². The van der Waals surface area contributed by atoms with Gasteiger partial charge in [0, 0.05) is 0 Å². The Morgan fingerprint density at radius 3 is 1.33 bits per heavy atom. The average Bonchev–Trinajstić information content (AvgIpc) is 0.811. The van der Waals surface area contributed by atoms with Crippen LogP contribution >= 0.6 is 0 Å². The van der Waals surface area contributed by atoms with Crippen molar-refractivity contribution in [2.24, 2.45) is 0 Å². The molecule has 0 aliphatic heterocycles. The van der Waals surface area contributed by atoms with Crippen molar-refractivity contribution in [1.82, 2.24) is 0 Å². The van der Waals surface area contributed by atoms with E-state index in [1.165, 1.54) is 0 Å². The Bertz CT molecular complexity index is 30.5. The molecule has 0 aliphatic rings. The number of nitrogens with zero attached hydrogens (tertiary/aromatic N) is 1. The Labute approximate surface area is 44.1 Å². The Morgan fingerprint density at radius 2 is 1.33 bits per heavy atom. The van der Waals surface area contributed by atoms with Crippen LogP contribution in [0.4, 0.5) is 0 Å². The zero-order valence-corrected chi connectivity index (χ0v) is 3.85. The summed E-state index contributed by atoms with van der Waals surface area (Å²) >= 11 is 0. The van der Waals surface area contributed by atoms with Gasteiger partial charge < -0.3 is 20.8 Å². The fourth-order valence-corrected chi connectivity index (χ4v) is 0. The van der Waals surface area contributed by atoms with Crippen LogP contribution in [0, 0.1) is 15.3 Å². The molecule has 0 atom stereocenters. The Morgan fingerprint density at radius 1 is 1.33 bits per heavy atom. The Balaban J connectivity index is -0.0000000450. The smallest absolute Gasteiger partial charge is 0.870 e. The first-order chi connectivity index (χ1) is 1.73. The van der Waals surface area contributed by atoms with Crippen LogP contribution in [-0.4, -0.2) is 27.9 Å². The molecular formula is HAlNO4. The summed E-state index contributed by atoms with van der Waals surface area (Å²) in [6.07, 6.45) is 0. The molecule has 0 spiro atoms. The van der Waals surface area contributed by atoms with Crippen molar-refractivity contribution in [2.45, 2.75) is 0 Å². The minimum Gasteiger partial charge on any atom is -0.870 e. The van der Waals surface area contributed by atoms with Crippen LogP contribution < -0.4 is 0 Å². The van der Waals surface area contributed by atoms with E-state index in [-0.39, 0.29) is 22.8 Å². The van der Waals surface area contributed by atoms with E-state index in [2.05, 4.69) is 0 Å². The predicted octanol–water partition coefficient (Wildman–Crippen LogP) is -0.797. The number of rotatable bonds is 0. The third kappa shape index (κ3) is 283. The fourth-order valence-electron chi connectivity index (χ4n) is 0. The molecule has 6 heteroatoms. The quantitative estimate of drug-likeness (QED) is 0.229. The SMILES string of the molecule is O=[N+]([O-])[O-].[Al+2].[OH-]. The molecule has 0 aromatic heterocycles. The van der Waals surface area contributed by atoms with E-state index in [9.17, 15) is 0 Å². The van der Waals surface area contributed by atoms with Crippen molar-refractivity contribution >= 4 is 17.4 Å². The van der Waals surface area contributed by atoms with Crippen LogP contribution in [0.5, 0.6) is 0 Å². The van der Waals surface area contributed by atoms with Gasteiger partial charge in [-0.1, -0.05) is 0 Å². The van der Waals surface area contributed by atoms with Crippen molar-refractivity contribution in [3.05, 3.63) is 15.3 Å². The molecule has 0 bridgehead atoms. The molecular weight excluding hydrogens is 105 g/mol. The number of hydrogen-bond acceptors (Lipinski definition) is 4. The van der Waals surface area contributed by atoms with Crippen molar-refractivity contribution in [1.29, 1.82) is 0 Å². The summed E-state index contributed by atoms with van der Waals surface area (Å²) in [7, 11) is 0. The van der Waals surface area contributed by atoms with Crippen LogP contribution in [0.2, 0.25) is 0 Å². The molecule has 0 fully saturated rings. The molecule has 0 amide bonds. The van der Waals surface area contributed by atoms with Gasteiger partial charge in [0.1, 0.15) is 0 Å². The summed E-state index contributed by atoms with van der Waals surface area (Å²) in [6.45, 7) is 0. The molecule has 6 heavy (non-hydrogen) atoms. The summed E-state index contributed by atoms with van der Waals surface area (Å²) in [5.74, 6) is 0. The zero-order valence-electron chi connectivity index (χ0n) is 2.70. The minimum atomic E-state index is -1.75. The van der Waals surface area contributed by atoms with Gasteiger partial charge in [-0.25, -0.2) is 0 Å². The molecule has 1 N–H and O–H groups in total. The predicted molar refractivity (Wildman–Crippen MR) is 18.1 cm³/mol. The van der Waals surface area contributed by atoms with Crippen LogP contribution in [0.25, 0.3) is 0 Å². The van der Waals surface area contributed by atoms with Gasteiger partial charge in [-0.3, -0.25) is 0 Å². The van der Waals surface area contributed by atoms with Gasteiger partial charge in [-0.15, -0.1) is 0 Å². The Hall–Kier alpha value is -0.308. The van der Waals surface area contributed by atoms with E-state index in [0.29, 0.717) is 0 Å². The van der Waals surface area contributed by atoms with Crippen molar-refractivity contribution in [3.63, 3.8) is 0 Å². The van der Waals surface area contributed by atoms with E-state index >= 15 is 0 Å². The third-order valence-electron chi connectivity index (χ3n) is 0. The normalized spacial score (nSPS) is 4.00.